The number of guanidine groups is 1. The molecule has 0 amide bonds. The molecule has 0 radical (unpaired) electrons. The predicted molar refractivity (Wildman–Crippen MR) is 108 cm³/mol. The van der Waals surface area contributed by atoms with Gasteiger partial charge in [0.1, 0.15) is 12.4 Å². The van der Waals surface area contributed by atoms with Gasteiger partial charge in [0.15, 0.2) is 23.4 Å². The summed E-state index contributed by atoms with van der Waals surface area (Å²) in [6.45, 7) is 8.20. The van der Waals surface area contributed by atoms with Crippen molar-refractivity contribution in [2.24, 2.45) is 12.0 Å². The topological polar surface area (TPSA) is 67.1 Å². The molecule has 0 aliphatic rings. The lowest BCUT2D eigenvalue weighted by Crippen LogP contribution is -2.39. The molecule has 142 valence electrons. The molecule has 6 nitrogen and oxygen atoms in total. The maximum absolute atomic E-state index is 13.4. The number of rotatable bonds is 6. The standard InChI is InChI=1S/C17H22F2N6.HI/c1-5-8-20-17(21-10-16-24-23-12(3)25(16)4)22-11(2)13-6-7-14(18)15(19)9-13;/h5-7,9,11H,1,8,10H2,2-4H3,(H2,20,21,22);1H. The number of hydrogen-bond donors (Lipinski definition) is 2. The Bertz CT molecular complexity index is 775. The fourth-order valence-electron chi connectivity index (χ4n) is 2.13. The van der Waals surface area contributed by atoms with Gasteiger partial charge in [-0.25, -0.2) is 13.8 Å². The van der Waals surface area contributed by atoms with E-state index in [1.807, 2.05) is 25.5 Å². The number of aryl methyl sites for hydroxylation is 1. The zero-order chi connectivity index (χ0) is 18.4. The number of hydrogen-bond acceptors (Lipinski definition) is 3. The predicted octanol–water partition coefficient (Wildman–Crippen LogP) is 3.00. The van der Waals surface area contributed by atoms with Crippen molar-refractivity contribution in [3.8, 4) is 0 Å². The van der Waals surface area contributed by atoms with Gasteiger partial charge >= 0.3 is 0 Å². The van der Waals surface area contributed by atoms with Crippen molar-refractivity contribution < 1.29 is 8.78 Å². The molecular weight excluding hydrogens is 453 g/mol. The molecule has 1 heterocycles. The summed E-state index contributed by atoms with van der Waals surface area (Å²) < 4.78 is 28.4. The number of halogens is 3. The van der Waals surface area contributed by atoms with Gasteiger partial charge in [-0.05, 0) is 31.5 Å². The first-order chi connectivity index (χ1) is 11.9. The summed E-state index contributed by atoms with van der Waals surface area (Å²) in [6, 6.07) is 3.55. The van der Waals surface area contributed by atoms with E-state index >= 15 is 0 Å². The van der Waals surface area contributed by atoms with Gasteiger partial charge in [-0.1, -0.05) is 12.1 Å². The lowest BCUT2D eigenvalue weighted by molar-refractivity contribution is 0.504. The molecular formula is C17H23F2IN6. The highest BCUT2D eigenvalue weighted by atomic mass is 127. The molecule has 1 aromatic carbocycles. The maximum atomic E-state index is 13.4. The van der Waals surface area contributed by atoms with Crippen LogP contribution in [-0.2, 0) is 13.6 Å². The first-order valence-electron chi connectivity index (χ1n) is 7.88. The monoisotopic (exact) mass is 476 g/mol. The Kier molecular flexibility index (Phi) is 8.62. The summed E-state index contributed by atoms with van der Waals surface area (Å²) in [6.07, 6.45) is 1.70. The highest BCUT2D eigenvalue weighted by molar-refractivity contribution is 14.0. The van der Waals surface area contributed by atoms with Crippen molar-refractivity contribution in [3.05, 3.63) is 59.7 Å². The van der Waals surface area contributed by atoms with E-state index < -0.39 is 11.6 Å². The van der Waals surface area contributed by atoms with Crippen LogP contribution in [0.4, 0.5) is 8.78 Å². The average molecular weight is 476 g/mol. The number of benzene rings is 1. The third-order valence-corrected chi connectivity index (χ3v) is 3.77. The number of aliphatic imine (C=N–C) groups is 1. The normalized spacial score (nSPS) is 12.3. The van der Waals surface area contributed by atoms with E-state index in [9.17, 15) is 8.78 Å². The van der Waals surface area contributed by atoms with Gasteiger partial charge in [-0.2, -0.15) is 0 Å². The van der Waals surface area contributed by atoms with Gasteiger partial charge in [0, 0.05) is 13.6 Å². The van der Waals surface area contributed by atoms with Crippen LogP contribution in [0.25, 0.3) is 0 Å². The summed E-state index contributed by atoms with van der Waals surface area (Å²) in [7, 11) is 1.87. The molecule has 26 heavy (non-hydrogen) atoms. The highest BCUT2D eigenvalue weighted by Crippen LogP contribution is 2.15. The third-order valence-electron chi connectivity index (χ3n) is 3.77. The van der Waals surface area contributed by atoms with Crippen LogP contribution >= 0.6 is 24.0 Å². The van der Waals surface area contributed by atoms with Crippen LogP contribution in [0.2, 0.25) is 0 Å². The summed E-state index contributed by atoms with van der Waals surface area (Å²) in [4.78, 5) is 4.47. The molecule has 1 atom stereocenters. The minimum atomic E-state index is -0.877. The first kappa shape index (κ1) is 22.0. The van der Waals surface area contributed by atoms with Gasteiger partial charge in [0.2, 0.25) is 0 Å². The molecule has 0 spiro atoms. The van der Waals surface area contributed by atoms with E-state index in [4.69, 9.17) is 0 Å². The molecule has 1 unspecified atom stereocenters. The van der Waals surface area contributed by atoms with Crippen molar-refractivity contribution in [2.75, 3.05) is 6.54 Å². The molecule has 0 aliphatic carbocycles. The van der Waals surface area contributed by atoms with E-state index in [2.05, 4.69) is 32.4 Å². The van der Waals surface area contributed by atoms with Crippen LogP contribution in [-0.4, -0.2) is 27.3 Å². The van der Waals surface area contributed by atoms with Gasteiger partial charge in [0.05, 0.1) is 6.04 Å². The van der Waals surface area contributed by atoms with Gasteiger partial charge < -0.3 is 15.2 Å². The van der Waals surface area contributed by atoms with E-state index in [0.29, 0.717) is 24.6 Å². The second-order valence-corrected chi connectivity index (χ2v) is 5.60. The zero-order valence-electron chi connectivity index (χ0n) is 15.0. The van der Waals surface area contributed by atoms with Crippen LogP contribution < -0.4 is 10.6 Å². The van der Waals surface area contributed by atoms with Crippen molar-refractivity contribution in [3.63, 3.8) is 0 Å². The summed E-state index contributed by atoms with van der Waals surface area (Å²) >= 11 is 0. The Balaban J connectivity index is 0.00000338. The van der Waals surface area contributed by atoms with Crippen LogP contribution in [0.1, 0.15) is 30.2 Å². The minimum absolute atomic E-state index is 0. The van der Waals surface area contributed by atoms with Gasteiger partial charge in [0.25, 0.3) is 0 Å². The lowest BCUT2D eigenvalue weighted by Gasteiger charge is -2.18. The highest BCUT2D eigenvalue weighted by Gasteiger charge is 2.11. The first-order valence-corrected chi connectivity index (χ1v) is 7.88. The summed E-state index contributed by atoms with van der Waals surface area (Å²) in [5.41, 5.74) is 0.613. The minimum Gasteiger partial charge on any atom is -0.353 e. The zero-order valence-corrected chi connectivity index (χ0v) is 17.3. The summed E-state index contributed by atoms with van der Waals surface area (Å²) in [5, 5.41) is 14.3. The SMILES string of the molecule is C=CCNC(=NCc1nnc(C)n1C)NC(C)c1ccc(F)c(F)c1.I. The van der Waals surface area contributed by atoms with E-state index in [1.54, 1.807) is 6.08 Å². The molecule has 0 saturated carbocycles. The van der Waals surface area contributed by atoms with Crippen LogP contribution in [0, 0.1) is 18.6 Å². The molecule has 2 N–H and O–H groups in total. The quantitative estimate of drug-likeness (QED) is 0.291. The fourth-order valence-corrected chi connectivity index (χ4v) is 2.13. The third kappa shape index (κ3) is 5.75. The number of nitrogens with one attached hydrogen (secondary N) is 2. The molecule has 1 aromatic heterocycles. The Morgan fingerprint density at radius 2 is 2.08 bits per heavy atom. The summed E-state index contributed by atoms with van der Waals surface area (Å²) in [5.74, 6) is 0.287. The molecule has 2 rings (SSSR count). The number of nitrogens with zero attached hydrogens (tertiary/aromatic N) is 4. The van der Waals surface area contributed by atoms with E-state index in [-0.39, 0.29) is 30.0 Å². The molecule has 0 bridgehead atoms. The average Bonchev–Trinajstić information content (AvgIpc) is 2.91. The van der Waals surface area contributed by atoms with Crippen molar-refractivity contribution >= 4 is 29.9 Å². The Hall–Kier alpha value is -2.04. The van der Waals surface area contributed by atoms with Crippen LogP contribution in [0.15, 0.2) is 35.8 Å². The molecule has 9 heteroatoms. The smallest absolute Gasteiger partial charge is 0.192 e. The second-order valence-electron chi connectivity index (χ2n) is 5.60. The number of aromatic nitrogens is 3. The Labute approximate surface area is 168 Å². The lowest BCUT2D eigenvalue weighted by atomic mass is 10.1. The molecule has 0 fully saturated rings. The maximum Gasteiger partial charge on any atom is 0.192 e. The van der Waals surface area contributed by atoms with Crippen LogP contribution in [0.5, 0.6) is 0 Å². The largest absolute Gasteiger partial charge is 0.353 e. The van der Waals surface area contributed by atoms with Crippen molar-refractivity contribution in [2.45, 2.75) is 26.4 Å². The Morgan fingerprint density at radius 1 is 1.35 bits per heavy atom. The molecule has 0 saturated heterocycles. The van der Waals surface area contributed by atoms with Gasteiger partial charge in [-0.3, -0.25) is 0 Å². The Morgan fingerprint density at radius 3 is 2.65 bits per heavy atom. The van der Waals surface area contributed by atoms with Crippen molar-refractivity contribution in [1.82, 2.24) is 25.4 Å². The van der Waals surface area contributed by atoms with E-state index in [1.165, 1.54) is 12.1 Å². The van der Waals surface area contributed by atoms with E-state index in [0.717, 1.165) is 17.7 Å². The van der Waals surface area contributed by atoms with Gasteiger partial charge in [-0.15, -0.1) is 40.8 Å². The van der Waals surface area contributed by atoms with Crippen molar-refractivity contribution in [1.29, 1.82) is 0 Å². The molecule has 2 aromatic rings. The fraction of sp³-hybridized carbons (Fsp3) is 0.353. The van der Waals surface area contributed by atoms with Crippen LogP contribution in [0.3, 0.4) is 0 Å². The molecule has 0 aliphatic heterocycles. The second kappa shape index (κ2) is 10.2.